The Morgan fingerprint density at radius 1 is 1.37 bits per heavy atom. The summed E-state index contributed by atoms with van der Waals surface area (Å²) < 4.78 is 0.923. The van der Waals surface area contributed by atoms with Crippen molar-refractivity contribution in [3.8, 4) is 0 Å². The van der Waals surface area contributed by atoms with Crippen LogP contribution in [0.2, 0.25) is 8.67 Å². The Balaban J connectivity index is 2.02. The van der Waals surface area contributed by atoms with Gasteiger partial charge in [-0.1, -0.05) is 35.3 Å². The van der Waals surface area contributed by atoms with Gasteiger partial charge in [0.05, 0.1) is 21.3 Å². The number of nitrogens with two attached hydrogens (primary N) is 1. The lowest BCUT2D eigenvalue weighted by molar-refractivity contribution is 0.0990. The lowest BCUT2D eigenvalue weighted by atomic mass is 10.1. The van der Waals surface area contributed by atoms with E-state index in [2.05, 4.69) is 0 Å². The molecule has 0 fully saturated rings. The number of hydrogen-bond acceptors (Lipinski definition) is 3. The zero-order valence-electron chi connectivity index (χ0n) is 9.82. The SMILES string of the molecule is Nc1cccc2c1N(C(=O)c1cc(Cl)sc1Cl)CC2. The molecule has 1 aliphatic heterocycles. The van der Waals surface area contributed by atoms with Crippen molar-refractivity contribution >= 4 is 51.8 Å². The van der Waals surface area contributed by atoms with E-state index in [1.807, 2.05) is 12.1 Å². The molecule has 0 unspecified atom stereocenters. The molecule has 0 spiro atoms. The third-order valence-corrected chi connectivity index (χ3v) is 4.65. The summed E-state index contributed by atoms with van der Waals surface area (Å²) in [5, 5.41) is 0. The van der Waals surface area contributed by atoms with Crippen molar-refractivity contribution in [3.05, 3.63) is 44.1 Å². The quantitative estimate of drug-likeness (QED) is 0.813. The van der Waals surface area contributed by atoms with Crippen molar-refractivity contribution in [2.75, 3.05) is 17.2 Å². The Kier molecular flexibility index (Phi) is 3.17. The molecule has 2 aromatic rings. The van der Waals surface area contributed by atoms with Gasteiger partial charge in [-0.2, -0.15) is 0 Å². The molecule has 1 aromatic carbocycles. The maximum Gasteiger partial charge on any atom is 0.260 e. The van der Waals surface area contributed by atoms with Crippen molar-refractivity contribution < 1.29 is 4.79 Å². The molecular weight excluding hydrogens is 303 g/mol. The highest BCUT2D eigenvalue weighted by molar-refractivity contribution is 7.20. The van der Waals surface area contributed by atoms with Crippen LogP contribution in [0.15, 0.2) is 24.3 Å². The van der Waals surface area contributed by atoms with Gasteiger partial charge >= 0.3 is 0 Å². The summed E-state index contributed by atoms with van der Waals surface area (Å²) in [6.45, 7) is 0.617. The fourth-order valence-electron chi connectivity index (χ4n) is 2.32. The Morgan fingerprint density at radius 3 is 2.84 bits per heavy atom. The molecule has 2 N–H and O–H groups in total. The third-order valence-electron chi connectivity index (χ3n) is 3.16. The van der Waals surface area contributed by atoms with Crippen molar-refractivity contribution in [1.82, 2.24) is 0 Å². The van der Waals surface area contributed by atoms with E-state index in [4.69, 9.17) is 28.9 Å². The topological polar surface area (TPSA) is 46.3 Å². The lowest BCUT2D eigenvalue weighted by Crippen LogP contribution is -2.29. The molecule has 0 aliphatic carbocycles. The smallest absolute Gasteiger partial charge is 0.260 e. The first-order chi connectivity index (χ1) is 9.08. The lowest BCUT2D eigenvalue weighted by Gasteiger charge is -2.18. The number of hydrogen-bond donors (Lipinski definition) is 1. The van der Waals surface area contributed by atoms with Gasteiger partial charge in [0.15, 0.2) is 0 Å². The molecule has 1 aromatic heterocycles. The van der Waals surface area contributed by atoms with Crippen LogP contribution < -0.4 is 10.6 Å². The van der Waals surface area contributed by atoms with Gasteiger partial charge in [0.2, 0.25) is 0 Å². The van der Waals surface area contributed by atoms with Crippen LogP contribution in [0, 0.1) is 0 Å². The molecule has 0 saturated carbocycles. The fraction of sp³-hybridized carbons (Fsp3) is 0.154. The van der Waals surface area contributed by atoms with E-state index in [9.17, 15) is 4.79 Å². The number of halogens is 2. The average Bonchev–Trinajstić information content (AvgIpc) is 2.93. The Hall–Kier alpha value is -1.23. The van der Waals surface area contributed by atoms with Crippen LogP contribution in [0.25, 0.3) is 0 Å². The standard InChI is InChI=1S/C13H10Cl2N2OS/c14-10-6-8(12(15)19-10)13(18)17-5-4-7-2-1-3-9(16)11(7)17/h1-3,6H,4-5,16H2. The highest BCUT2D eigenvalue weighted by Crippen LogP contribution is 2.37. The number of anilines is 2. The zero-order chi connectivity index (χ0) is 13.6. The number of amides is 1. The summed E-state index contributed by atoms with van der Waals surface area (Å²) in [5.41, 5.74) is 8.91. The summed E-state index contributed by atoms with van der Waals surface area (Å²) in [5.74, 6) is -0.148. The van der Waals surface area contributed by atoms with E-state index in [1.54, 1.807) is 17.0 Å². The summed E-state index contributed by atoms with van der Waals surface area (Å²) >= 11 is 13.1. The average molecular weight is 313 g/mol. The van der Waals surface area contributed by atoms with Gasteiger partial charge in [-0.3, -0.25) is 4.79 Å². The highest BCUT2D eigenvalue weighted by Gasteiger charge is 2.29. The first kappa shape index (κ1) is 12.8. The Bertz CT molecular complexity index is 669. The molecule has 1 aliphatic rings. The number of rotatable bonds is 1. The number of para-hydroxylation sites is 1. The van der Waals surface area contributed by atoms with Gasteiger partial charge in [-0.15, -0.1) is 11.3 Å². The molecule has 1 amide bonds. The molecule has 0 radical (unpaired) electrons. The number of thiophene rings is 1. The molecule has 0 saturated heterocycles. The second-order valence-corrected chi connectivity index (χ2v) is 6.59. The molecule has 6 heteroatoms. The van der Waals surface area contributed by atoms with Crippen molar-refractivity contribution in [3.63, 3.8) is 0 Å². The number of carbonyl (C=O) groups excluding carboxylic acids is 1. The van der Waals surface area contributed by atoms with Crippen LogP contribution in [0.1, 0.15) is 15.9 Å². The molecule has 19 heavy (non-hydrogen) atoms. The van der Waals surface area contributed by atoms with Crippen LogP contribution >= 0.6 is 34.5 Å². The molecule has 0 atom stereocenters. The Labute approximate surface area is 124 Å². The predicted octanol–water partition coefficient (Wildman–Crippen LogP) is 3.84. The van der Waals surface area contributed by atoms with Crippen LogP contribution in [0.3, 0.4) is 0 Å². The van der Waals surface area contributed by atoms with E-state index in [0.29, 0.717) is 26.5 Å². The van der Waals surface area contributed by atoms with Crippen molar-refractivity contribution in [2.45, 2.75) is 6.42 Å². The number of fused-ring (bicyclic) bond motifs is 1. The maximum absolute atomic E-state index is 12.5. The van der Waals surface area contributed by atoms with Gasteiger partial charge < -0.3 is 10.6 Å². The number of benzene rings is 1. The van der Waals surface area contributed by atoms with E-state index >= 15 is 0 Å². The summed E-state index contributed by atoms with van der Waals surface area (Å²) in [6, 6.07) is 7.29. The number of nitrogen functional groups attached to an aromatic ring is 1. The summed E-state index contributed by atoms with van der Waals surface area (Å²) in [6.07, 6.45) is 0.807. The molecule has 3 rings (SSSR count). The van der Waals surface area contributed by atoms with E-state index < -0.39 is 0 Å². The minimum atomic E-state index is -0.148. The van der Waals surface area contributed by atoms with E-state index in [-0.39, 0.29) is 5.91 Å². The van der Waals surface area contributed by atoms with Gasteiger partial charge in [0, 0.05) is 6.54 Å². The second kappa shape index (κ2) is 4.71. The summed E-state index contributed by atoms with van der Waals surface area (Å²) in [4.78, 5) is 14.2. The first-order valence-electron chi connectivity index (χ1n) is 5.72. The first-order valence-corrected chi connectivity index (χ1v) is 7.29. The maximum atomic E-state index is 12.5. The van der Waals surface area contributed by atoms with Gasteiger partial charge in [0.1, 0.15) is 4.34 Å². The van der Waals surface area contributed by atoms with Crippen LogP contribution in [0.5, 0.6) is 0 Å². The normalized spacial score (nSPS) is 13.7. The highest BCUT2D eigenvalue weighted by atomic mass is 35.5. The largest absolute Gasteiger partial charge is 0.397 e. The molecule has 2 heterocycles. The minimum Gasteiger partial charge on any atom is -0.397 e. The zero-order valence-corrected chi connectivity index (χ0v) is 12.1. The van der Waals surface area contributed by atoms with Crippen LogP contribution in [-0.4, -0.2) is 12.5 Å². The third kappa shape index (κ3) is 2.10. The molecular formula is C13H10Cl2N2OS. The van der Waals surface area contributed by atoms with Gasteiger partial charge in [0.25, 0.3) is 5.91 Å². The summed E-state index contributed by atoms with van der Waals surface area (Å²) in [7, 11) is 0. The van der Waals surface area contributed by atoms with Gasteiger partial charge in [-0.05, 0) is 24.1 Å². The van der Waals surface area contributed by atoms with Crippen LogP contribution in [-0.2, 0) is 6.42 Å². The predicted molar refractivity (Wildman–Crippen MR) is 80.6 cm³/mol. The number of nitrogens with zero attached hydrogens (tertiary/aromatic N) is 1. The molecule has 98 valence electrons. The monoisotopic (exact) mass is 312 g/mol. The molecule has 3 nitrogen and oxygen atoms in total. The van der Waals surface area contributed by atoms with Gasteiger partial charge in [-0.25, -0.2) is 0 Å². The fourth-order valence-corrected chi connectivity index (χ4v) is 3.77. The Morgan fingerprint density at radius 2 is 2.16 bits per heavy atom. The second-order valence-electron chi connectivity index (χ2n) is 4.30. The van der Waals surface area contributed by atoms with Crippen molar-refractivity contribution in [2.24, 2.45) is 0 Å². The van der Waals surface area contributed by atoms with Crippen molar-refractivity contribution in [1.29, 1.82) is 0 Å². The minimum absolute atomic E-state index is 0.148. The molecule has 0 bridgehead atoms. The van der Waals surface area contributed by atoms with E-state index in [0.717, 1.165) is 17.7 Å². The number of carbonyl (C=O) groups is 1. The van der Waals surface area contributed by atoms with E-state index in [1.165, 1.54) is 11.3 Å². The van der Waals surface area contributed by atoms with Crippen LogP contribution in [0.4, 0.5) is 11.4 Å².